The Balaban J connectivity index is 2.24. The van der Waals surface area contributed by atoms with Crippen LogP contribution in [0.4, 0.5) is 0 Å². The van der Waals surface area contributed by atoms with E-state index in [1.54, 1.807) is 13.8 Å². The summed E-state index contributed by atoms with van der Waals surface area (Å²) in [4.78, 5) is 11.3. The van der Waals surface area contributed by atoms with E-state index in [0.717, 1.165) is 13.1 Å². The van der Waals surface area contributed by atoms with E-state index in [4.69, 9.17) is 9.47 Å². The molecule has 1 unspecified atom stereocenters. The Bertz CT molecular complexity index is 181. The molecule has 0 aromatic rings. The first kappa shape index (κ1) is 11.4. The van der Waals surface area contributed by atoms with Gasteiger partial charge in [-0.1, -0.05) is 0 Å². The van der Waals surface area contributed by atoms with Gasteiger partial charge in [0.15, 0.2) is 0 Å². The first-order valence-electron chi connectivity index (χ1n) is 4.99. The molecule has 82 valence electrons. The highest BCUT2D eigenvalue weighted by molar-refractivity contribution is 5.75. The first-order chi connectivity index (χ1) is 6.74. The Labute approximate surface area is 84.3 Å². The van der Waals surface area contributed by atoms with Crippen LogP contribution in [0.3, 0.4) is 0 Å². The maximum atomic E-state index is 11.3. The van der Waals surface area contributed by atoms with Gasteiger partial charge in [-0.3, -0.25) is 4.79 Å². The fraction of sp³-hybridized carbons (Fsp3) is 0.889. The number of ether oxygens (including phenoxy) is 2. The van der Waals surface area contributed by atoms with Gasteiger partial charge >= 0.3 is 5.97 Å². The van der Waals surface area contributed by atoms with Gasteiger partial charge in [-0.15, -0.1) is 0 Å². The average Bonchev–Trinajstić information content (AvgIpc) is 2.19. The second-order valence-electron chi connectivity index (χ2n) is 3.20. The maximum absolute atomic E-state index is 11.3. The third kappa shape index (κ3) is 3.61. The van der Waals surface area contributed by atoms with Crippen molar-refractivity contribution in [3.63, 3.8) is 0 Å². The highest BCUT2D eigenvalue weighted by Crippen LogP contribution is 1.95. The molecule has 1 N–H and O–H groups in total. The number of morpholine rings is 1. The van der Waals surface area contributed by atoms with Crippen molar-refractivity contribution < 1.29 is 14.3 Å². The van der Waals surface area contributed by atoms with Gasteiger partial charge in [-0.05, 0) is 13.8 Å². The molecule has 1 heterocycles. The van der Waals surface area contributed by atoms with Crippen LogP contribution in [0.1, 0.15) is 13.8 Å². The fourth-order valence-corrected chi connectivity index (χ4v) is 1.29. The largest absolute Gasteiger partial charge is 0.465 e. The maximum Gasteiger partial charge on any atom is 0.324 e. The van der Waals surface area contributed by atoms with Crippen molar-refractivity contribution in [3.05, 3.63) is 0 Å². The Kier molecular flexibility index (Phi) is 4.86. The molecule has 14 heavy (non-hydrogen) atoms. The van der Waals surface area contributed by atoms with E-state index in [0.29, 0.717) is 19.8 Å². The smallest absolute Gasteiger partial charge is 0.324 e. The monoisotopic (exact) mass is 202 g/mol. The third-order valence-electron chi connectivity index (χ3n) is 2.03. The summed E-state index contributed by atoms with van der Waals surface area (Å²) in [5.74, 6) is -0.209. The van der Waals surface area contributed by atoms with E-state index >= 15 is 0 Å². The predicted octanol–water partition coefficient (Wildman–Crippen LogP) is -0.225. The van der Waals surface area contributed by atoms with Gasteiger partial charge in [0.1, 0.15) is 6.04 Å². The minimum atomic E-state index is -0.284. The number of hydrazine groups is 1. The lowest BCUT2D eigenvalue weighted by molar-refractivity contribution is -0.147. The molecule has 0 aromatic heterocycles. The van der Waals surface area contributed by atoms with Crippen LogP contribution in [0.15, 0.2) is 0 Å². The molecule has 0 amide bonds. The average molecular weight is 202 g/mol. The van der Waals surface area contributed by atoms with Crippen LogP contribution in [0.25, 0.3) is 0 Å². The molecule has 1 saturated heterocycles. The van der Waals surface area contributed by atoms with Gasteiger partial charge in [-0.25, -0.2) is 10.4 Å². The number of nitrogens with zero attached hydrogens (tertiary/aromatic N) is 1. The van der Waals surface area contributed by atoms with E-state index in [1.165, 1.54) is 0 Å². The molecule has 1 rings (SSSR count). The molecule has 5 nitrogen and oxygen atoms in total. The molecule has 1 atom stereocenters. The summed E-state index contributed by atoms with van der Waals surface area (Å²) >= 11 is 0. The summed E-state index contributed by atoms with van der Waals surface area (Å²) in [5, 5.41) is 1.99. The highest BCUT2D eigenvalue weighted by Gasteiger charge is 2.18. The molecule has 0 aromatic carbocycles. The second kappa shape index (κ2) is 5.95. The lowest BCUT2D eigenvalue weighted by atomic mass is 10.3. The molecule has 0 aliphatic carbocycles. The number of hydrogen-bond acceptors (Lipinski definition) is 5. The minimum absolute atomic E-state index is 0.209. The van der Waals surface area contributed by atoms with Gasteiger partial charge in [-0.2, -0.15) is 0 Å². The number of esters is 1. The molecule has 1 fully saturated rings. The summed E-state index contributed by atoms with van der Waals surface area (Å²) in [6.07, 6.45) is 0. The second-order valence-corrected chi connectivity index (χ2v) is 3.20. The fourth-order valence-electron chi connectivity index (χ4n) is 1.29. The lowest BCUT2D eigenvalue weighted by Crippen LogP contribution is -2.51. The van der Waals surface area contributed by atoms with Crippen molar-refractivity contribution in [2.75, 3.05) is 32.9 Å². The molecule has 0 radical (unpaired) electrons. The summed E-state index contributed by atoms with van der Waals surface area (Å²) in [6.45, 7) is 7.07. The zero-order valence-corrected chi connectivity index (χ0v) is 8.78. The van der Waals surface area contributed by atoms with Gasteiger partial charge in [0, 0.05) is 13.1 Å². The number of nitrogens with one attached hydrogen (secondary N) is 1. The van der Waals surface area contributed by atoms with Crippen LogP contribution in [0.2, 0.25) is 0 Å². The van der Waals surface area contributed by atoms with Crippen molar-refractivity contribution in [3.8, 4) is 0 Å². The number of carbonyl (C=O) groups excluding carboxylic acids is 1. The first-order valence-corrected chi connectivity index (χ1v) is 4.99. The molecule has 1 aliphatic heterocycles. The number of hydrogen-bond donors (Lipinski definition) is 1. The normalized spacial score (nSPS) is 20.4. The Morgan fingerprint density at radius 2 is 2.21 bits per heavy atom. The van der Waals surface area contributed by atoms with Crippen LogP contribution < -0.4 is 5.43 Å². The summed E-state index contributed by atoms with van der Waals surface area (Å²) in [5.41, 5.74) is 3.08. The summed E-state index contributed by atoms with van der Waals surface area (Å²) in [7, 11) is 0. The van der Waals surface area contributed by atoms with Gasteiger partial charge in [0.25, 0.3) is 0 Å². The standard InChI is InChI=1S/C9H18N2O3/c1-3-14-9(12)8(2)10-11-4-6-13-7-5-11/h8,10H,3-7H2,1-2H3. The van der Waals surface area contributed by atoms with Crippen LogP contribution in [-0.4, -0.2) is 49.9 Å². The molecule has 0 spiro atoms. The van der Waals surface area contributed by atoms with Crippen molar-refractivity contribution in [1.29, 1.82) is 0 Å². The quantitative estimate of drug-likeness (QED) is 0.638. The van der Waals surface area contributed by atoms with Gasteiger partial charge < -0.3 is 9.47 Å². The summed E-state index contributed by atoms with van der Waals surface area (Å²) < 4.78 is 10.1. The number of carbonyl (C=O) groups is 1. The summed E-state index contributed by atoms with van der Waals surface area (Å²) in [6, 6.07) is -0.284. The highest BCUT2D eigenvalue weighted by atomic mass is 16.5. The van der Waals surface area contributed by atoms with E-state index in [2.05, 4.69) is 5.43 Å². The molecule has 1 aliphatic rings. The van der Waals surface area contributed by atoms with E-state index < -0.39 is 0 Å². The lowest BCUT2D eigenvalue weighted by Gasteiger charge is -2.29. The Hall–Kier alpha value is -0.650. The van der Waals surface area contributed by atoms with E-state index in [1.807, 2.05) is 5.01 Å². The van der Waals surface area contributed by atoms with Crippen LogP contribution in [0.5, 0.6) is 0 Å². The Morgan fingerprint density at radius 1 is 1.57 bits per heavy atom. The Morgan fingerprint density at radius 3 is 2.79 bits per heavy atom. The van der Waals surface area contributed by atoms with Crippen molar-refractivity contribution in [1.82, 2.24) is 10.4 Å². The molecular formula is C9H18N2O3. The molecule has 0 saturated carbocycles. The SMILES string of the molecule is CCOC(=O)C(C)NN1CCOCC1. The topological polar surface area (TPSA) is 50.8 Å². The van der Waals surface area contributed by atoms with E-state index in [9.17, 15) is 4.79 Å². The van der Waals surface area contributed by atoms with Crippen molar-refractivity contribution in [2.24, 2.45) is 0 Å². The van der Waals surface area contributed by atoms with Crippen LogP contribution >= 0.6 is 0 Å². The zero-order valence-electron chi connectivity index (χ0n) is 8.78. The van der Waals surface area contributed by atoms with Gasteiger partial charge in [0.05, 0.1) is 19.8 Å². The van der Waals surface area contributed by atoms with Crippen LogP contribution in [-0.2, 0) is 14.3 Å². The van der Waals surface area contributed by atoms with Crippen LogP contribution in [0, 0.1) is 0 Å². The molecular weight excluding hydrogens is 184 g/mol. The zero-order chi connectivity index (χ0) is 10.4. The van der Waals surface area contributed by atoms with Gasteiger partial charge in [0.2, 0.25) is 0 Å². The van der Waals surface area contributed by atoms with Crippen molar-refractivity contribution >= 4 is 5.97 Å². The number of rotatable bonds is 4. The molecule has 0 bridgehead atoms. The van der Waals surface area contributed by atoms with E-state index in [-0.39, 0.29) is 12.0 Å². The third-order valence-corrected chi connectivity index (χ3v) is 2.03. The minimum Gasteiger partial charge on any atom is -0.465 e. The van der Waals surface area contributed by atoms with Crippen molar-refractivity contribution in [2.45, 2.75) is 19.9 Å². The molecule has 5 heteroatoms. The predicted molar refractivity (Wildman–Crippen MR) is 51.6 cm³/mol.